The van der Waals surface area contributed by atoms with Crippen molar-refractivity contribution in [3.05, 3.63) is 47.5 Å². The number of rotatable bonds is 7. The van der Waals surface area contributed by atoms with Crippen LogP contribution in [0.4, 0.5) is 15.9 Å². The van der Waals surface area contributed by atoms with Gasteiger partial charge in [-0.15, -0.1) is 0 Å². The maximum Gasteiger partial charge on any atom is 0.162 e. The minimum atomic E-state index is -0.472. The molecule has 0 aliphatic rings. The van der Waals surface area contributed by atoms with Crippen molar-refractivity contribution < 1.29 is 13.9 Å². The number of benzene rings is 2. The Kier molecular flexibility index (Phi) is 5.96. The summed E-state index contributed by atoms with van der Waals surface area (Å²) in [5, 5.41) is 3.96. The van der Waals surface area contributed by atoms with E-state index in [0.717, 1.165) is 11.8 Å². The van der Waals surface area contributed by atoms with Gasteiger partial charge in [-0.1, -0.05) is 25.4 Å². The monoisotopic (exact) mass is 389 g/mol. The highest BCUT2D eigenvalue weighted by molar-refractivity contribution is 6.31. The van der Waals surface area contributed by atoms with Crippen LogP contribution < -0.4 is 14.8 Å². The molecule has 5 nitrogen and oxygen atoms in total. The van der Waals surface area contributed by atoms with Crippen molar-refractivity contribution in [3.63, 3.8) is 0 Å². The largest absolute Gasteiger partial charge is 0.493 e. The van der Waals surface area contributed by atoms with E-state index >= 15 is 0 Å². The summed E-state index contributed by atoms with van der Waals surface area (Å²) in [6.45, 7) is 4.87. The Labute approximate surface area is 162 Å². The van der Waals surface area contributed by atoms with Crippen molar-refractivity contribution in [1.82, 2.24) is 9.97 Å². The van der Waals surface area contributed by atoms with Crippen LogP contribution in [0.5, 0.6) is 11.5 Å². The SMILES string of the molecule is COc1cc2ncnc(Nc3ccc(F)c(Cl)c3)c2cc1OCCC(C)C. The molecule has 0 saturated heterocycles. The Morgan fingerprint density at radius 2 is 1.96 bits per heavy atom. The van der Waals surface area contributed by atoms with Crippen molar-refractivity contribution in [2.75, 3.05) is 19.0 Å². The molecule has 3 aromatic rings. The van der Waals surface area contributed by atoms with Gasteiger partial charge >= 0.3 is 0 Å². The van der Waals surface area contributed by atoms with Crippen LogP contribution in [0.1, 0.15) is 20.3 Å². The van der Waals surface area contributed by atoms with Crippen molar-refractivity contribution >= 4 is 34.0 Å². The first-order valence-corrected chi connectivity index (χ1v) is 9.03. The second kappa shape index (κ2) is 8.39. The molecule has 27 heavy (non-hydrogen) atoms. The van der Waals surface area contributed by atoms with E-state index in [1.54, 1.807) is 13.2 Å². The van der Waals surface area contributed by atoms with Crippen LogP contribution in [0, 0.1) is 11.7 Å². The molecule has 0 aliphatic carbocycles. The van der Waals surface area contributed by atoms with Gasteiger partial charge in [0.15, 0.2) is 11.5 Å². The molecule has 1 N–H and O–H groups in total. The molecular formula is C20H21ClFN3O2. The van der Waals surface area contributed by atoms with Crippen molar-refractivity contribution in [2.24, 2.45) is 5.92 Å². The molecule has 0 amide bonds. The first-order valence-electron chi connectivity index (χ1n) is 8.65. The van der Waals surface area contributed by atoms with E-state index in [1.807, 2.05) is 12.1 Å². The fourth-order valence-electron chi connectivity index (χ4n) is 2.55. The molecule has 2 aromatic carbocycles. The average Bonchev–Trinajstić information content (AvgIpc) is 2.64. The first kappa shape index (κ1) is 19.2. The molecule has 1 aromatic heterocycles. The fraction of sp³-hybridized carbons (Fsp3) is 0.300. The molecule has 0 saturated carbocycles. The number of methoxy groups -OCH3 is 1. The summed E-state index contributed by atoms with van der Waals surface area (Å²) < 4.78 is 24.7. The number of nitrogens with zero attached hydrogens (tertiary/aromatic N) is 2. The Morgan fingerprint density at radius 1 is 1.15 bits per heavy atom. The van der Waals surface area contributed by atoms with E-state index in [4.69, 9.17) is 21.1 Å². The minimum absolute atomic E-state index is 0.0396. The summed E-state index contributed by atoms with van der Waals surface area (Å²) in [5.41, 5.74) is 1.33. The summed E-state index contributed by atoms with van der Waals surface area (Å²) in [4.78, 5) is 8.60. The van der Waals surface area contributed by atoms with E-state index in [0.29, 0.717) is 41.0 Å². The van der Waals surface area contributed by atoms with Crippen LogP contribution in [0.3, 0.4) is 0 Å². The predicted molar refractivity (Wildman–Crippen MR) is 106 cm³/mol. The van der Waals surface area contributed by atoms with Gasteiger partial charge in [0.1, 0.15) is 18.0 Å². The average molecular weight is 390 g/mol. The van der Waals surface area contributed by atoms with E-state index in [-0.39, 0.29) is 5.02 Å². The van der Waals surface area contributed by atoms with E-state index in [9.17, 15) is 4.39 Å². The second-order valence-corrected chi connectivity index (χ2v) is 6.93. The molecule has 7 heteroatoms. The molecule has 142 valence electrons. The molecule has 0 spiro atoms. The van der Waals surface area contributed by atoms with Gasteiger partial charge in [0, 0.05) is 17.1 Å². The minimum Gasteiger partial charge on any atom is -0.493 e. The van der Waals surface area contributed by atoms with Gasteiger partial charge in [0.2, 0.25) is 0 Å². The van der Waals surface area contributed by atoms with E-state index in [1.165, 1.54) is 18.5 Å². The normalized spacial score (nSPS) is 11.0. The lowest BCUT2D eigenvalue weighted by Gasteiger charge is -2.14. The van der Waals surface area contributed by atoms with Crippen LogP contribution >= 0.6 is 11.6 Å². The lowest BCUT2D eigenvalue weighted by atomic mass is 10.1. The van der Waals surface area contributed by atoms with Gasteiger partial charge < -0.3 is 14.8 Å². The molecule has 0 radical (unpaired) electrons. The molecule has 3 rings (SSSR count). The summed E-state index contributed by atoms with van der Waals surface area (Å²) >= 11 is 5.86. The Bertz CT molecular complexity index is 950. The molecular weight excluding hydrogens is 369 g/mol. The Balaban J connectivity index is 1.96. The van der Waals surface area contributed by atoms with Crippen LogP contribution in [-0.2, 0) is 0 Å². The zero-order valence-corrected chi connectivity index (χ0v) is 16.2. The first-order chi connectivity index (χ1) is 13.0. The van der Waals surface area contributed by atoms with Gasteiger partial charge in [-0.2, -0.15) is 0 Å². The zero-order valence-electron chi connectivity index (χ0n) is 15.4. The number of hydrogen-bond donors (Lipinski definition) is 1. The number of halogens is 2. The maximum atomic E-state index is 13.4. The fourth-order valence-corrected chi connectivity index (χ4v) is 2.73. The third-order valence-electron chi connectivity index (χ3n) is 4.06. The van der Waals surface area contributed by atoms with Crippen LogP contribution in [0.25, 0.3) is 10.9 Å². The zero-order chi connectivity index (χ0) is 19.4. The number of hydrogen-bond acceptors (Lipinski definition) is 5. The molecule has 0 bridgehead atoms. The Hall–Kier alpha value is -2.60. The second-order valence-electron chi connectivity index (χ2n) is 6.53. The van der Waals surface area contributed by atoms with E-state index < -0.39 is 5.82 Å². The predicted octanol–water partition coefficient (Wildman–Crippen LogP) is 5.60. The quantitative estimate of drug-likeness (QED) is 0.570. The highest BCUT2D eigenvalue weighted by Crippen LogP contribution is 2.35. The standard InChI is InChI=1S/C20H21ClFN3O2/c1-12(2)6-7-27-19-9-14-17(10-18(19)26-3)23-11-24-20(14)25-13-4-5-16(22)15(21)8-13/h4-5,8-12H,6-7H2,1-3H3,(H,23,24,25). The number of nitrogens with one attached hydrogen (secondary N) is 1. The number of anilines is 2. The van der Waals surface area contributed by atoms with Crippen molar-refractivity contribution in [3.8, 4) is 11.5 Å². The highest BCUT2D eigenvalue weighted by Gasteiger charge is 2.12. The lowest BCUT2D eigenvalue weighted by Crippen LogP contribution is -2.03. The van der Waals surface area contributed by atoms with Crippen molar-refractivity contribution in [2.45, 2.75) is 20.3 Å². The molecule has 0 unspecified atom stereocenters. The van der Waals surface area contributed by atoms with Gasteiger partial charge in [0.05, 0.1) is 24.3 Å². The summed E-state index contributed by atoms with van der Waals surface area (Å²) in [6, 6.07) is 8.07. The molecule has 0 atom stereocenters. The summed E-state index contributed by atoms with van der Waals surface area (Å²) in [5.74, 6) is 1.88. The third kappa shape index (κ3) is 4.57. The smallest absolute Gasteiger partial charge is 0.162 e. The summed E-state index contributed by atoms with van der Waals surface area (Å²) in [6.07, 6.45) is 2.39. The van der Waals surface area contributed by atoms with Gasteiger partial charge in [0.25, 0.3) is 0 Å². The van der Waals surface area contributed by atoms with Gasteiger partial charge in [-0.05, 0) is 36.6 Å². The summed E-state index contributed by atoms with van der Waals surface area (Å²) in [7, 11) is 1.59. The number of ether oxygens (including phenoxy) is 2. The molecule has 0 fully saturated rings. The van der Waals surface area contributed by atoms with Crippen LogP contribution in [0.2, 0.25) is 5.02 Å². The lowest BCUT2D eigenvalue weighted by molar-refractivity contribution is 0.273. The number of fused-ring (bicyclic) bond motifs is 1. The highest BCUT2D eigenvalue weighted by atomic mass is 35.5. The topological polar surface area (TPSA) is 56.3 Å². The van der Waals surface area contributed by atoms with Crippen LogP contribution in [-0.4, -0.2) is 23.7 Å². The van der Waals surface area contributed by atoms with Gasteiger partial charge in [-0.3, -0.25) is 0 Å². The van der Waals surface area contributed by atoms with Crippen molar-refractivity contribution in [1.29, 1.82) is 0 Å². The molecule has 0 aliphatic heterocycles. The molecule has 1 heterocycles. The maximum absolute atomic E-state index is 13.4. The number of aromatic nitrogens is 2. The third-order valence-corrected chi connectivity index (χ3v) is 4.35. The Morgan fingerprint density at radius 3 is 2.67 bits per heavy atom. The van der Waals surface area contributed by atoms with Crippen LogP contribution in [0.15, 0.2) is 36.7 Å². The van der Waals surface area contributed by atoms with Gasteiger partial charge in [-0.25, -0.2) is 14.4 Å². The van der Waals surface area contributed by atoms with E-state index in [2.05, 4.69) is 29.1 Å².